The van der Waals surface area contributed by atoms with E-state index in [2.05, 4.69) is 10.3 Å². The molecule has 0 unspecified atom stereocenters. The highest BCUT2D eigenvalue weighted by molar-refractivity contribution is 7.21. The fraction of sp³-hybridized carbons (Fsp3) is 0.176. The molecule has 0 atom stereocenters. The number of nitrogens with zero attached hydrogens (tertiary/aromatic N) is 1. The number of hydrogen-bond donors (Lipinski definition) is 2. The molecule has 0 bridgehead atoms. The molecule has 3 rings (SSSR count). The Bertz CT molecular complexity index is 883. The maximum absolute atomic E-state index is 12.5. The molecule has 112 valence electrons. The van der Waals surface area contributed by atoms with Crippen LogP contribution in [0.3, 0.4) is 0 Å². The van der Waals surface area contributed by atoms with Gasteiger partial charge in [-0.1, -0.05) is 12.1 Å². The maximum atomic E-state index is 12.5. The molecule has 1 amide bonds. The number of pyridine rings is 1. The lowest BCUT2D eigenvalue weighted by Crippen LogP contribution is -2.12. The van der Waals surface area contributed by atoms with Crippen molar-refractivity contribution in [2.24, 2.45) is 0 Å². The molecular weight excluding hydrogens is 294 g/mol. The number of amides is 1. The average Bonchev–Trinajstić information content (AvgIpc) is 2.76. The van der Waals surface area contributed by atoms with Crippen molar-refractivity contribution in [1.29, 1.82) is 0 Å². The summed E-state index contributed by atoms with van der Waals surface area (Å²) in [5, 5.41) is 3.78. The van der Waals surface area contributed by atoms with E-state index >= 15 is 0 Å². The van der Waals surface area contributed by atoms with Crippen LogP contribution in [0.1, 0.15) is 26.5 Å². The Morgan fingerprint density at radius 2 is 2.00 bits per heavy atom. The number of anilines is 2. The Hall–Kier alpha value is -2.40. The van der Waals surface area contributed by atoms with Crippen LogP contribution in [0.5, 0.6) is 0 Å². The summed E-state index contributed by atoms with van der Waals surface area (Å²) in [6.45, 7) is 5.91. The number of carbonyl (C=O) groups excluding carboxylic acids is 1. The number of thiophene rings is 1. The van der Waals surface area contributed by atoms with Crippen molar-refractivity contribution in [3.8, 4) is 0 Å². The zero-order chi connectivity index (χ0) is 15.9. The summed E-state index contributed by atoms with van der Waals surface area (Å²) in [5.74, 6) is -0.192. The summed E-state index contributed by atoms with van der Waals surface area (Å²) in [6.07, 6.45) is 0. The van der Waals surface area contributed by atoms with E-state index in [-0.39, 0.29) is 5.91 Å². The molecule has 0 radical (unpaired) electrons. The van der Waals surface area contributed by atoms with Crippen molar-refractivity contribution in [1.82, 2.24) is 4.98 Å². The molecule has 4 nitrogen and oxygen atoms in total. The molecule has 1 aromatic carbocycles. The van der Waals surface area contributed by atoms with Crippen LogP contribution in [-0.2, 0) is 0 Å². The third-order valence-corrected chi connectivity index (χ3v) is 4.60. The summed E-state index contributed by atoms with van der Waals surface area (Å²) >= 11 is 1.34. The van der Waals surface area contributed by atoms with Crippen LogP contribution in [0.25, 0.3) is 10.2 Å². The molecule has 0 spiro atoms. The Morgan fingerprint density at radius 1 is 1.23 bits per heavy atom. The summed E-state index contributed by atoms with van der Waals surface area (Å²) in [6, 6.07) is 9.67. The van der Waals surface area contributed by atoms with E-state index in [0.29, 0.717) is 10.6 Å². The van der Waals surface area contributed by atoms with Gasteiger partial charge in [-0.2, -0.15) is 0 Å². The monoisotopic (exact) mass is 311 g/mol. The first-order chi connectivity index (χ1) is 10.5. The number of hydrogen-bond acceptors (Lipinski definition) is 4. The van der Waals surface area contributed by atoms with Crippen LogP contribution in [0, 0.1) is 20.8 Å². The molecule has 2 heterocycles. The summed E-state index contributed by atoms with van der Waals surface area (Å²) in [5.41, 5.74) is 10.5. The lowest BCUT2D eigenvalue weighted by Gasteiger charge is -2.05. The molecule has 0 saturated carbocycles. The number of aromatic nitrogens is 1. The Kier molecular flexibility index (Phi) is 3.58. The van der Waals surface area contributed by atoms with E-state index in [0.717, 1.165) is 32.7 Å². The predicted octanol–water partition coefficient (Wildman–Crippen LogP) is 4.06. The van der Waals surface area contributed by atoms with E-state index in [1.807, 2.05) is 51.1 Å². The first-order valence-corrected chi connectivity index (χ1v) is 7.81. The Labute approximate surface area is 133 Å². The van der Waals surface area contributed by atoms with Crippen molar-refractivity contribution in [3.05, 3.63) is 52.0 Å². The largest absolute Gasteiger partial charge is 0.397 e. The van der Waals surface area contributed by atoms with Gasteiger partial charge >= 0.3 is 0 Å². The molecule has 0 aliphatic heterocycles. The highest BCUT2D eigenvalue weighted by Crippen LogP contribution is 2.35. The van der Waals surface area contributed by atoms with Crippen LogP contribution < -0.4 is 11.1 Å². The van der Waals surface area contributed by atoms with Gasteiger partial charge in [-0.3, -0.25) is 4.79 Å². The van der Waals surface area contributed by atoms with Crippen LogP contribution in [0.4, 0.5) is 11.4 Å². The summed E-state index contributed by atoms with van der Waals surface area (Å²) in [4.78, 5) is 18.3. The second-order valence-electron chi connectivity index (χ2n) is 5.43. The molecule has 3 N–H and O–H groups in total. The second-order valence-corrected chi connectivity index (χ2v) is 6.43. The van der Waals surface area contributed by atoms with E-state index < -0.39 is 0 Å². The Morgan fingerprint density at radius 3 is 2.73 bits per heavy atom. The lowest BCUT2D eigenvalue weighted by atomic mass is 10.1. The minimum atomic E-state index is -0.192. The molecule has 2 aromatic heterocycles. The molecule has 0 aliphatic carbocycles. The highest BCUT2D eigenvalue weighted by atomic mass is 32.1. The fourth-order valence-corrected chi connectivity index (χ4v) is 3.66. The number of nitrogens with one attached hydrogen (secondary N) is 1. The molecular formula is C17H17N3OS. The SMILES string of the molecule is Cc1cccc(NC(=O)c2sc3nc(C)cc(C)c3c2N)c1. The minimum absolute atomic E-state index is 0.192. The standard InChI is InChI=1S/C17H17N3OS/c1-9-5-4-6-12(7-9)20-16(21)15-14(18)13-10(2)8-11(3)19-17(13)22-15/h4-8H,18H2,1-3H3,(H,20,21). The van der Waals surface area contributed by atoms with Gasteiger partial charge in [0.05, 0.1) is 5.69 Å². The molecule has 0 fully saturated rings. The van der Waals surface area contributed by atoms with E-state index in [1.54, 1.807) is 0 Å². The molecule has 3 aromatic rings. The van der Waals surface area contributed by atoms with Gasteiger partial charge in [0.25, 0.3) is 5.91 Å². The lowest BCUT2D eigenvalue weighted by molar-refractivity contribution is 0.103. The summed E-state index contributed by atoms with van der Waals surface area (Å²) in [7, 11) is 0. The van der Waals surface area contributed by atoms with Crippen molar-refractivity contribution in [3.63, 3.8) is 0 Å². The Balaban J connectivity index is 2.01. The smallest absolute Gasteiger partial charge is 0.267 e. The van der Waals surface area contributed by atoms with Gasteiger partial charge in [-0.05, 0) is 50.1 Å². The van der Waals surface area contributed by atoms with Crippen LogP contribution in [0.2, 0.25) is 0 Å². The molecule has 0 aliphatic rings. The van der Waals surface area contributed by atoms with Crippen molar-refractivity contribution < 1.29 is 4.79 Å². The normalized spacial score (nSPS) is 10.9. The number of benzene rings is 1. The quantitative estimate of drug-likeness (QED) is 0.750. The van der Waals surface area contributed by atoms with Gasteiger partial charge in [0.2, 0.25) is 0 Å². The second kappa shape index (κ2) is 5.42. The van der Waals surface area contributed by atoms with Gasteiger partial charge in [-0.15, -0.1) is 11.3 Å². The highest BCUT2D eigenvalue weighted by Gasteiger charge is 2.19. The predicted molar refractivity (Wildman–Crippen MR) is 92.6 cm³/mol. The van der Waals surface area contributed by atoms with Crippen molar-refractivity contribution in [2.45, 2.75) is 20.8 Å². The zero-order valence-electron chi connectivity index (χ0n) is 12.7. The number of rotatable bonds is 2. The topological polar surface area (TPSA) is 68.0 Å². The van der Waals surface area contributed by atoms with Crippen LogP contribution in [-0.4, -0.2) is 10.9 Å². The summed E-state index contributed by atoms with van der Waals surface area (Å²) < 4.78 is 0. The molecule has 5 heteroatoms. The van der Waals surface area contributed by atoms with Crippen LogP contribution in [0.15, 0.2) is 30.3 Å². The van der Waals surface area contributed by atoms with Gasteiger partial charge in [-0.25, -0.2) is 4.98 Å². The number of aryl methyl sites for hydroxylation is 3. The molecule has 0 saturated heterocycles. The number of nitrogen functional groups attached to an aromatic ring is 1. The third-order valence-electron chi connectivity index (χ3n) is 3.51. The van der Waals surface area contributed by atoms with Gasteiger partial charge < -0.3 is 11.1 Å². The van der Waals surface area contributed by atoms with Gasteiger partial charge in [0, 0.05) is 16.8 Å². The zero-order valence-corrected chi connectivity index (χ0v) is 13.5. The van der Waals surface area contributed by atoms with Crippen molar-refractivity contribution >= 4 is 38.8 Å². The van der Waals surface area contributed by atoms with E-state index in [4.69, 9.17) is 5.73 Å². The maximum Gasteiger partial charge on any atom is 0.267 e. The van der Waals surface area contributed by atoms with E-state index in [9.17, 15) is 4.79 Å². The minimum Gasteiger partial charge on any atom is -0.397 e. The van der Waals surface area contributed by atoms with Crippen LogP contribution >= 0.6 is 11.3 Å². The van der Waals surface area contributed by atoms with Gasteiger partial charge in [0.1, 0.15) is 9.71 Å². The van der Waals surface area contributed by atoms with E-state index in [1.165, 1.54) is 11.3 Å². The fourth-order valence-electron chi connectivity index (χ4n) is 2.55. The average molecular weight is 311 g/mol. The first kappa shape index (κ1) is 14.5. The molecule has 22 heavy (non-hydrogen) atoms. The number of fused-ring (bicyclic) bond motifs is 1. The third kappa shape index (κ3) is 2.55. The number of carbonyl (C=O) groups is 1. The van der Waals surface area contributed by atoms with Crippen molar-refractivity contribution in [2.75, 3.05) is 11.1 Å². The number of nitrogens with two attached hydrogens (primary N) is 1. The van der Waals surface area contributed by atoms with Gasteiger partial charge in [0.15, 0.2) is 0 Å². The first-order valence-electron chi connectivity index (χ1n) is 7.00.